The first-order valence-corrected chi connectivity index (χ1v) is 26.0. The van der Waals surface area contributed by atoms with Gasteiger partial charge in [-0.05, 0) is 0 Å². The number of hydrogen-bond donors (Lipinski definition) is 0. The Kier molecular flexibility index (Phi) is 25.1. The molecule has 0 aromatic carbocycles. The molecule has 0 heterocycles. The zero-order chi connectivity index (χ0) is 23.9. The van der Waals surface area contributed by atoms with E-state index in [9.17, 15) is 9.59 Å². The molecular weight excluding hydrogens is 614 g/mol. The van der Waals surface area contributed by atoms with Gasteiger partial charge in [0.25, 0.3) is 0 Å². The van der Waals surface area contributed by atoms with Crippen molar-refractivity contribution in [2.24, 2.45) is 0 Å². The van der Waals surface area contributed by atoms with Gasteiger partial charge in [-0.1, -0.05) is 0 Å². The first-order chi connectivity index (χ1) is 15.6. The van der Waals surface area contributed by atoms with Gasteiger partial charge >= 0.3 is 216 Å². The average Bonchev–Trinajstić information content (AvgIpc) is 2.79. The molecular formula is C26H54O4Sn2. The van der Waals surface area contributed by atoms with Crippen LogP contribution in [0.15, 0.2) is 0 Å². The van der Waals surface area contributed by atoms with Crippen molar-refractivity contribution in [1.29, 1.82) is 0 Å². The van der Waals surface area contributed by atoms with Crippen LogP contribution in [0.25, 0.3) is 0 Å². The molecule has 32 heavy (non-hydrogen) atoms. The monoisotopic (exact) mass is 670 g/mol. The number of unbranched alkanes of at least 4 members (excludes halogenated alkanes) is 9. The molecule has 0 saturated carbocycles. The molecule has 0 aliphatic rings. The molecule has 0 rings (SSSR count). The SMILES string of the molecule is CCC[CH2][SnH]([CH2]CCC)[O]C(=O)CCCCCCCCC(=O)[O][SnH]([CH2]CCC)[CH2]CCC. The van der Waals surface area contributed by atoms with Crippen LogP contribution in [0, 0.1) is 0 Å². The van der Waals surface area contributed by atoms with E-state index in [0.29, 0.717) is 12.8 Å². The van der Waals surface area contributed by atoms with Gasteiger partial charge in [-0.25, -0.2) is 0 Å². The van der Waals surface area contributed by atoms with Crippen LogP contribution in [0.3, 0.4) is 0 Å². The maximum absolute atomic E-state index is 12.2. The number of carbonyl (C=O) groups excluding carboxylic acids is 2. The second-order valence-corrected chi connectivity index (χ2v) is 24.5. The van der Waals surface area contributed by atoms with Gasteiger partial charge < -0.3 is 0 Å². The van der Waals surface area contributed by atoms with Crippen molar-refractivity contribution in [2.45, 2.75) is 148 Å². The van der Waals surface area contributed by atoms with Crippen LogP contribution < -0.4 is 0 Å². The van der Waals surface area contributed by atoms with E-state index in [1.165, 1.54) is 69.1 Å². The zero-order valence-electron chi connectivity index (χ0n) is 21.9. The molecule has 0 N–H and O–H groups in total. The standard InChI is InChI=1S/C10H18O4.4C4H9.2Sn.2H/c11-9(12)7-5-3-1-2-4-6-8-10(13)14;4*1-3-4-2;;;;/h1-8H2,(H,11,12)(H,13,14);4*1,3-4H2,2H3;;;;/q;;;;;2*+1;;/p-2. The molecule has 0 aromatic heterocycles. The summed E-state index contributed by atoms with van der Waals surface area (Å²) in [4.78, 5) is 24.4. The van der Waals surface area contributed by atoms with Crippen LogP contribution in [0.1, 0.15) is 130 Å². The summed E-state index contributed by atoms with van der Waals surface area (Å²) in [6.07, 6.45) is 17.3. The minimum atomic E-state index is -2.06. The molecule has 0 amide bonds. The van der Waals surface area contributed by atoms with Crippen molar-refractivity contribution in [3.05, 3.63) is 0 Å². The molecule has 0 aliphatic heterocycles. The van der Waals surface area contributed by atoms with Crippen LogP contribution in [0.4, 0.5) is 0 Å². The molecule has 0 bridgehead atoms. The van der Waals surface area contributed by atoms with Crippen LogP contribution in [0.2, 0.25) is 17.7 Å². The predicted octanol–water partition coefficient (Wildman–Crippen LogP) is 7.84. The van der Waals surface area contributed by atoms with Crippen molar-refractivity contribution in [3.8, 4) is 0 Å². The predicted molar refractivity (Wildman–Crippen MR) is 142 cm³/mol. The fourth-order valence-electron chi connectivity index (χ4n) is 3.99. The molecule has 0 aliphatic carbocycles. The van der Waals surface area contributed by atoms with E-state index in [1.54, 1.807) is 0 Å². The third-order valence-corrected chi connectivity index (χ3v) is 21.5. The summed E-state index contributed by atoms with van der Waals surface area (Å²) >= 11 is -4.13. The minimum absolute atomic E-state index is 0.0766. The second-order valence-electron chi connectivity index (χ2n) is 9.41. The van der Waals surface area contributed by atoms with Crippen molar-refractivity contribution >= 4 is 52.3 Å². The van der Waals surface area contributed by atoms with E-state index in [0.717, 1.165) is 38.5 Å². The Morgan fingerprint density at radius 3 is 1.03 bits per heavy atom. The molecule has 0 spiro atoms. The van der Waals surface area contributed by atoms with Gasteiger partial charge in [0.1, 0.15) is 0 Å². The van der Waals surface area contributed by atoms with E-state index in [2.05, 4.69) is 27.7 Å². The van der Waals surface area contributed by atoms with E-state index in [-0.39, 0.29) is 11.9 Å². The summed E-state index contributed by atoms with van der Waals surface area (Å²) in [5.74, 6) is 0.153. The van der Waals surface area contributed by atoms with E-state index < -0.39 is 40.3 Å². The molecule has 0 radical (unpaired) electrons. The third kappa shape index (κ3) is 21.1. The van der Waals surface area contributed by atoms with Gasteiger partial charge in [0.15, 0.2) is 0 Å². The van der Waals surface area contributed by atoms with Gasteiger partial charge in [-0.2, -0.15) is 0 Å². The van der Waals surface area contributed by atoms with E-state index in [1.807, 2.05) is 0 Å². The van der Waals surface area contributed by atoms with Gasteiger partial charge in [0.05, 0.1) is 0 Å². The Hall–Kier alpha value is 0.537. The molecule has 4 nitrogen and oxygen atoms in total. The second kappa shape index (κ2) is 24.7. The summed E-state index contributed by atoms with van der Waals surface area (Å²) in [7, 11) is 0. The van der Waals surface area contributed by atoms with Gasteiger partial charge in [-0.15, -0.1) is 0 Å². The van der Waals surface area contributed by atoms with Crippen LogP contribution in [-0.4, -0.2) is 52.3 Å². The van der Waals surface area contributed by atoms with Gasteiger partial charge in [0, 0.05) is 0 Å². The van der Waals surface area contributed by atoms with Crippen molar-refractivity contribution in [1.82, 2.24) is 0 Å². The van der Waals surface area contributed by atoms with E-state index >= 15 is 0 Å². The van der Waals surface area contributed by atoms with Crippen molar-refractivity contribution < 1.29 is 15.7 Å². The van der Waals surface area contributed by atoms with Crippen LogP contribution in [-0.2, 0) is 15.7 Å². The average molecular weight is 668 g/mol. The first kappa shape index (κ1) is 32.5. The van der Waals surface area contributed by atoms with E-state index in [4.69, 9.17) is 6.15 Å². The van der Waals surface area contributed by atoms with Gasteiger partial charge in [-0.3, -0.25) is 0 Å². The summed E-state index contributed by atoms with van der Waals surface area (Å²) in [5.41, 5.74) is 0. The summed E-state index contributed by atoms with van der Waals surface area (Å²) in [6.45, 7) is 8.87. The Bertz CT molecular complexity index is 390. The Morgan fingerprint density at radius 2 is 0.750 bits per heavy atom. The third-order valence-electron chi connectivity index (χ3n) is 6.13. The molecule has 190 valence electrons. The normalized spacial score (nSPS) is 11.3. The first-order valence-electron chi connectivity index (χ1n) is 14.0. The number of carbonyl (C=O) groups is 2. The summed E-state index contributed by atoms with van der Waals surface area (Å²) in [6, 6.07) is 0. The molecule has 0 aromatic rings. The molecule has 6 heteroatoms. The Morgan fingerprint density at radius 1 is 0.469 bits per heavy atom. The topological polar surface area (TPSA) is 52.6 Å². The molecule has 0 atom stereocenters. The molecule has 0 saturated heterocycles. The van der Waals surface area contributed by atoms with Crippen LogP contribution >= 0.6 is 0 Å². The Balaban J connectivity index is 3.80. The fourth-order valence-corrected chi connectivity index (χ4v) is 19.6. The molecule has 0 fully saturated rings. The van der Waals surface area contributed by atoms with Crippen LogP contribution in [0.5, 0.6) is 0 Å². The van der Waals surface area contributed by atoms with Gasteiger partial charge in [0.2, 0.25) is 0 Å². The molecule has 0 unspecified atom stereocenters. The zero-order valence-corrected chi connectivity index (χ0v) is 28.5. The summed E-state index contributed by atoms with van der Waals surface area (Å²) in [5, 5.41) is 0. The van der Waals surface area contributed by atoms with Crippen molar-refractivity contribution in [3.63, 3.8) is 0 Å². The summed E-state index contributed by atoms with van der Waals surface area (Å²) < 4.78 is 16.7. The number of hydrogen-bond acceptors (Lipinski definition) is 4. The Labute approximate surface area is 214 Å². The quantitative estimate of drug-likeness (QED) is 0.0823. The number of rotatable bonds is 23. The maximum atomic E-state index is 12.2. The van der Waals surface area contributed by atoms with Crippen molar-refractivity contribution in [2.75, 3.05) is 0 Å². The fraction of sp³-hybridized carbons (Fsp3) is 0.923.